The van der Waals surface area contributed by atoms with Crippen LogP contribution in [0, 0.1) is 34.5 Å². The summed E-state index contributed by atoms with van der Waals surface area (Å²) in [6, 6.07) is 0. The molecule has 0 spiro atoms. The third-order valence-electron chi connectivity index (χ3n) is 8.41. The monoisotopic (exact) mass is 348 g/mol. The van der Waals surface area contributed by atoms with Crippen LogP contribution in [0.5, 0.6) is 0 Å². The van der Waals surface area contributed by atoms with Crippen LogP contribution in [0.1, 0.15) is 58.8 Å². The fourth-order valence-electron chi connectivity index (χ4n) is 7.31. The van der Waals surface area contributed by atoms with Crippen molar-refractivity contribution >= 4 is 11.6 Å². The highest BCUT2D eigenvalue weighted by atomic mass is 19.1. The van der Waals surface area contributed by atoms with Crippen LogP contribution in [0.4, 0.5) is 4.39 Å². The fourth-order valence-corrected chi connectivity index (χ4v) is 7.31. The van der Waals surface area contributed by atoms with Crippen molar-refractivity contribution in [3.8, 4) is 0 Å². The minimum absolute atomic E-state index is 0.0975. The number of hydrogen-bond acceptors (Lipinski definition) is 3. The van der Waals surface area contributed by atoms with Crippen LogP contribution in [0.25, 0.3) is 0 Å². The van der Waals surface area contributed by atoms with Crippen LogP contribution in [0.15, 0.2) is 11.6 Å². The summed E-state index contributed by atoms with van der Waals surface area (Å²) >= 11 is 0. The van der Waals surface area contributed by atoms with Gasteiger partial charge in [-0.05, 0) is 73.2 Å². The zero-order valence-corrected chi connectivity index (χ0v) is 15.3. The summed E-state index contributed by atoms with van der Waals surface area (Å²) in [5.41, 5.74) is 0.855. The van der Waals surface area contributed by atoms with E-state index >= 15 is 0 Å². The molecule has 25 heavy (non-hydrogen) atoms. The lowest BCUT2D eigenvalue weighted by molar-refractivity contribution is -0.145. The molecule has 4 aliphatic rings. The van der Waals surface area contributed by atoms with Gasteiger partial charge in [-0.3, -0.25) is 9.59 Å². The van der Waals surface area contributed by atoms with Gasteiger partial charge in [0.05, 0.1) is 6.10 Å². The summed E-state index contributed by atoms with van der Waals surface area (Å²) < 4.78 is 13.1. The third kappa shape index (κ3) is 2.32. The Morgan fingerprint density at radius 1 is 1.28 bits per heavy atom. The van der Waals surface area contributed by atoms with Crippen molar-refractivity contribution in [2.45, 2.75) is 64.9 Å². The molecule has 7 atom stereocenters. The van der Waals surface area contributed by atoms with Crippen molar-refractivity contribution in [2.24, 2.45) is 34.5 Å². The number of rotatable bonds is 2. The topological polar surface area (TPSA) is 54.4 Å². The highest BCUT2D eigenvalue weighted by Gasteiger charge is 2.62. The quantitative estimate of drug-likeness (QED) is 0.829. The molecule has 3 nitrogen and oxygen atoms in total. The first-order valence-electron chi connectivity index (χ1n) is 9.82. The van der Waals surface area contributed by atoms with Crippen molar-refractivity contribution in [3.63, 3.8) is 0 Å². The first-order chi connectivity index (χ1) is 11.8. The van der Waals surface area contributed by atoms with E-state index in [1.54, 1.807) is 0 Å². The Balaban J connectivity index is 1.70. The van der Waals surface area contributed by atoms with E-state index in [-0.39, 0.29) is 34.2 Å². The highest BCUT2D eigenvalue weighted by molar-refractivity contribution is 5.91. The van der Waals surface area contributed by atoms with Gasteiger partial charge in [0.2, 0.25) is 0 Å². The van der Waals surface area contributed by atoms with Gasteiger partial charge in [0, 0.05) is 12.3 Å². The van der Waals surface area contributed by atoms with Crippen molar-refractivity contribution < 1.29 is 19.1 Å². The number of allylic oxidation sites excluding steroid dienone is 1. The zero-order valence-electron chi connectivity index (χ0n) is 15.3. The average molecular weight is 348 g/mol. The largest absolute Gasteiger partial charge is 0.393 e. The third-order valence-corrected chi connectivity index (χ3v) is 8.41. The van der Waals surface area contributed by atoms with E-state index in [2.05, 4.69) is 13.8 Å². The average Bonchev–Trinajstić information content (AvgIpc) is 2.91. The maximum absolute atomic E-state index is 13.1. The van der Waals surface area contributed by atoms with Crippen LogP contribution in [0.2, 0.25) is 0 Å². The normalized spacial score (nSPS) is 49.0. The maximum Gasteiger partial charge on any atom is 0.167 e. The SMILES string of the molecule is CC12CCC(=O)C=C1CCC1C2C(O)CC2(C)C(C(=O)CF)CCC12. The Morgan fingerprint density at radius 2 is 2.04 bits per heavy atom. The molecule has 0 aliphatic heterocycles. The molecule has 4 rings (SSSR count). The predicted octanol–water partition coefficient (Wildman–Crippen LogP) is 3.64. The van der Waals surface area contributed by atoms with E-state index in [1.165, 1.54) is 5.57 Å². The predicted molar refractivity (Wildman–Crippen MR) is 92.6 cm³/mol. The summed E-state index contributed by atoms with van der Waals surface area (Å²) in [6.45, 7) is 3.46. The number of hydrogen-bond donors (Lipinski definition) is 1. The molecular weight excluding hydrogens is 319 g/mol. The Labute approximate surface area is 149 Å². The Kier molecular flexibility index (Phi) is 3.99. The Morgan fingerprint density at radius 3 is 2.76 bits per heavy atom. The molecule has 4 heteroatoms. The summed E-state index contributed by atoms with van der Waals surface area (Å²) in [5, 5.41) is 11.1. The summed E-state index contributed by atoms with van der Waals surface area (Å²) in [4.78, 5) is 24.0. The molecule has 0 amide bonds. The molecule has 7 unspecified atom stereocenters. The van der Waals surface area contributed by atoms with Gasteiger partial charge in [-0.1, -0.05) is 19.4 Å². The second kappa shape index (κ2) is 5.73. The van der Waals surface area contributed by atoms with Gasteiger partial charge < -0.3 is 5.11 Å². The number of carbonyl (C=O) groups excluding carboxylic acids is 2. The lowest BCUT2D eigenvalue weighted by Gasteiger charge is -2.59. The molecule has 0 aromatic carbocycles. The Bertz CT molecular complexity index is 641. The van der Waals surface area contributed by atoms with Gasteiger partial charge in [-0.25, -0.2) is 4.39 Å². The molecule has 3 saturated carbocycles. The van der Waals surface area contributed by atoms with Crippen molar-refractivity contribution in [2.75, 3.05) is 6.67 Å². The van der Waals surface area contributed by atoms with Crippen LogP contribution in [-0.2, 0) is 9.59 Å². The number of ketones is 2. The van der Waals surface area contributed by atoms with Crippen LogP contribution in [0.3, 0.4) is 0 Å². The molecule has 0 aromatic rings. The second-order valence-corrected chi connectivity index (χ2v) is 9.40. The number of alkyl halides is 1. The standard InChI is InChI=1S/C21H29FO3/c1-20-8-7-13(23)9-12(20)3-4-14-15-5-6-16(18(25)11-22)21(15,2)10-17(24)19(14)20/h9,14-17,19,24H,3-8,10-11H2,1-2H3. The number of aliphatic hydroxyl groups is 1. The minimum Gasteiger partial charge on any atom is -0.393 e. The molecule has 3 fully saturated rings. The van der Waals surface area contributed by atoms with Crippen molar-refractivity contribution in [3.05, 3.63) is 11.6 Å². The highest BCUT2D eigenvalue weighted by Crippen LogP contribution is 2.66. The van der Waals surface area contributed by atoms with E-state index in [1.807, 2.05) is 6.08 Å². The van der Waals surface area contributed by atoms with Gasteiger partial charge in [0.25, 0.3) is 0 Å². The molecule has 4 aliphatic carbocycles. The molecule has 0 aromatic heterocycles. The van der Waals surface area contributed by atoms with Crippen LogP contribution < -0.4 is 0 Å². The van der Waals surface area contributed by atoms with Gasteiger partial charge in [-0.15, -0.1) is 0 Å². The second-order valence-electron chi connectivity index (χ2n) is 9.40. The molecule has 138 valence electrons. The van der Waals surface area contributed by atoms with Crippen LogP contribution >= 0.6 is 0 Å². The molecular formula is C21H29FO3. The lowest BCUT2D eigenvalue weighted by atomic mass is 9.46. The van der Waals surface area contributed by atoms with Gasteiger partial charge in [0.1, 0.15) is 6.67 Å². The summed E-state index contributed by atoms with van der Waals surface area (Å²) in [5.74, 6) is 0.629. The first kappa shape index (κ1) is 17.4. The molecule has 0 bridgehead atoms. The number of carbonyl (C=O) groups is 2. The maximum atomic E-state index is 13.1. The number of halogens is 1. The van der Waals surface area contributed by atoms with E-state index in [0.717, 1.165) is 32.1 Å². The van der Waals surface area contributed by atoms with E-state index in [4.69, 9.17) is 0 Å². The molecule has 1 N–H and O–H groups in total. The van der Waals surface area contributed by atoms with Crippen LogP contribution in [-0.4, -0.2) is 29.5 Å². The summed E-state index contributed by atoms with van der Waals surface area (Å²) in [6.07, 6.45) is 6.98. The number of fused-ring (bicyclic) bond motifs is 5. The van der Waals surface area contributed by atoms with Gasteiger partial charge >= 0.3 is 0 Å². The smallest absolute Gasteiger partial charge is 0.167 e. The fraction of sp³-hybridized carbons (Fsp3) is 0.810. The van der Waals surface area contributed by atoms with E-state index in [9.17, 15) is 19.1 Å². The number of aliphatic hydroxyl groups excluding tert-OH is 1. The number of Topliss-reactive ketones (excluding diaryl/α,β-unsaturated/α-hetero) is 1. The van der Waals surface area contributed by atoms with Gasteiger partial charge in [0.15, 0.2) is 11.6 Å². The first-order valence-corrected chi connectivity index (χ1v) is 9.82. The van der Waals surface area contributed by atoms with Crippen molar-refractivity contribution in [1.29, 1.82) is 0 Å². The Hall–Kier alpha value is -1.03. The zero-order chi connectivity index (χ0) is 18.0. The molecule has 0 radical (unpaired) electrons. The van der Waals surface area contributed by atoms with E-state index in [0.29, 0.717) is 24.7 Å². The van der Waals surface area contributed by atoms with Crippen molar-refractivity contribution in [1.82, 2.24) is 0 Å². The van der Waals surface area contributed by atoms with Gasteiger partial charge in [-0.2, -0.15) is 0 Å². The lowest BCUT2D eigenvalue weighted by Crippen LogP contribution is -2.57. The van der Waals surface area contributed by atoms with E-state index < -0.39 is 12.8 Å². The minimum atomic E-state index is -0.885. The molecule has 0 heterocycles. The molecule has 0 saturated heterocycles. The summed E-state index contributed by atoms with van der Waals surface area (Å²) in [7, 11) is 0.